The summed E-state index contributed by atoms with van der Waals surface area (Å²) in [5.74, 6) is 1.99. The molecule has 51 heavy (non-hydrogen) atoms. The van der Waals surface area contributed by atoms with Gasteiger partial charge >= 0.3 is 0 Å². The van der Waals surface area contributed by atoms with Crippen LogP contribution >= 0.6 is 0 Å². The predicted octanol–water partition coefficient (Wildman–Crippen LogP) is 13.4. The lowest BCUT2D eigenvalue weighted by Crippen LogP contribution is -2.15. The molecule has 1 aliphatic heterocycles. The molecule has 0 atom stereocenters. The molecular formula is C50H38O. The molecule has 11 rings (SSSR count). The molecule has 0 saturated heterocycles. The van der Waals surface area contributed by atoms with E-state index in [0.29, 0.717) is 0 Å². The summed E-state index contributed by atoms with van der Waals surface area (Å²) >= 11 is 0. The second kappa shape index (κ2) is 9.98. The zero-order chi connectivity index (χ0) is 34.2. The average Bonchev–Trinajstić information content (AvgIpc) is 3.53. The third-order valence-electron chi connectivity index (χ3n) is 12.6. The van der Waals surface area contributed by atoms with Gasteiger partial charge in [-0.2, -0.15) is 0 Å². The molecule has 0 unspecified atom stereocenters. The van der Waals surface area contributed by atoms with Crippen LogP contribution in [-0.2, 0) is 10.8 Å². The number of allylic oxidation sites excluding steroid dienone is 3. The van der Waals surface area contributed by atoms with Gasteiger partial charge in [0.15, 0.2) is 0 Å². The van der Waals surface area contributed by atoms with Crippen LogP contribution in [0.25, 0.3) is 71.6 Å². The first kappa shape index (κ1) is 29.1. The smallest absolute Gasteiger partial charge is 0.144 e. The molecule has 1 heterocycles. The molecule has 0 amide bonds. The van der Waals surface area contributed by atoms with Gasteiger partial charge < -0.3 is 4.74 Å². The van der Waals surface area contributed by atoms with Gasteiger partial charge in [-0.1, -0.05) is 137 Å². The van der Waals surface area contributed by atoms with Crippen molar-refractivity contribution in [3.63, 3.8) is 0 Å². The predicted molar refractivity (Wildman–Crippen MR) is 213 cm³/mol. The normalized spacial score (nSPS) is 16.8. The van der Waals surface area contributed by atoms with E-state index in [4.69, 9.17) is 4.74 Å². The Kier molecular flexibility index (Phi) is 5.70. The number of benzene rings is 7. The van der Waals surface area contributed by atoms with Gasteiger partial charge in [-0.25, -0.2) is 0 Å². The molecule has 4 aliphatic rings. The quantitative estimate of drug-likeness (QED) is 0.169. The van der Waals surface area contributed by atoms with Crippen LogP contribution in [0.15, 0.2) is 139 Å². The Labute approximate surface area is 299 Å². The Hall–Kier alpha value is -5.66. The van der Waals surface area contributed by atoms with Crippen LogP contribution in [0.3, 0.4) is 0 Å². The van der Waals surface area contributed by atoms with Gasteiger partial charge in [-0.05, 0) is 120 Å². The largest absolute Gasteiger partial charge is 0.456 e. The summed E-state index contributed by atoms with van der Waals surface area (Å²) in [4.78, 5) is 0. The molecule has 0 fully saturated rings. The Balaban J connectivity index is 1.06. The van der Waals surface area contributed by atoms with Gasteiger partial charge in [0.05, 0.1) is 0 Å². The fourth-order valence-electron chi connectivity index (χ4n) is 9.92. The lowest BCUT2D eigenvalue weighted by molar-refractivity contribution is 0.446. The monoisotopic (exact) mass is 654 g/mol. The molecule has 0 N–H and O–H groups in total. The van der Waals surface area contributed by atoms with E-state index < -0.39 is 0 Å². The minimum atomic E-state index is -0.166. The van der Waals surface area contributed by atoms with E-state index in [1.165, 1.54) is 99.4 Å². The molecule has 244 valence electrons. The first-order valence-electron chi connectivity index (χ1n) is 18.4. The van der Waals surface area contributed by atoms with Crippen LogP contribution < -0.4 is 4.74 Å². The first-order valence-corrected chi connectivity index (χ1v) is 18.4. The van der Waals surface area contributed by atoms with Crippen molar-refractivity contribution in [3.05, 3.63) is 167 Å². The SMILES string of the molecule is CC1(C)c2ccccc2-c2ccc(-c3ccc4c(c3)C(C)(C)c3cc(-c5c6c7c(cccc7c7ccccc57)C5=C(C=CCC5)O6)ccc3-4)cc21. The molecule has 0 spiro atoms. The number of hydrogen-bond donors (Lipinski definition) is 0. The maximum Gasteiger partial charge on any atom is 0.144 e. The minimum absolute atomic E-state index is 0.0211. The highest BCUT2D eigenvalue weighted by atomic mass is 16.5. The average molecular weight is 655 g/mol. The van der Waals surface area contributed by atoms with E-state index >= 15 is 0 Å². The summed E-state index contributed by atoms with van der Waals surface area (Å²) in [6.07, 6.45) is 6.49. The number of ether oxygens (including phenoxy) is 1. The Morgan fingerprint density at radius 2 is 1.04 bits per heavy atom. The van der Waals surface area contributed by atoms with Crippen LogP contribution in [0.4, 0.5) is 0 Å². The highest BCUT2D eigenvalue weighted by Crippen LogP contribution is 2.55. The number of hydrogen-bond acceptors (Lipinski definition) is 1. The van der Waals surface area contributed by atoms with Gasteiger partial charge in [-0.15, -0.1) is 0 Å². The van der Waals surface area contributed by atoms with E-state index in [1.807, 2.05) is 0 Å². The second-order valence-electron chi connectivity index (χ2n) is 15.9. The van der Waals surface area contributed by atoms with Gasteiger partial charge in [0.2, 0.25) is 0 Å². The molecule has 0 radical (unpaired) electrons. The van der Waals surface area contributed by atoms with Gasteiger partial charge in [0.1, 0.15) is 11.5 Å². The zero-order valence-electron chi connectivity index (χ0n) is 29.5. The van der Waals surface area contributed by atoms with E-state index in [-0.39, 0.29) is 10.8 Å². The minimum Gasteiger partial charge on any atom is -0.456 e. The van der Waals surface area contributed by atoms with Crippen LogP contribution in [0.1, 0.15) is 68.4 Å². The van der Waals surface area contributed by atoms with Crippen molar-refractivity contribution < 1.29 is 4.74 Å². The first-order chi connectivity index (χ1) is 24.8. The highest BCUT2D eigenvalue weighted by molar-refractivity contribution is 6.21. The fourth-order valence-corrected chi connectivity index (χ4v) is 9.92. The van der Waals surface area contributed by atoms with Crippen molar-refractivity contribution in [2.75, 3.05) is 0 Å². The fraction of sp³-hybridized carbons (Fsp3) is 0.160. The molecule has 7 aromatic rings. The third-order valence-corrected chi connectivity index (χ3v) is 12.6. The van der Waals surface area contributed by atoms with Gasteiger partial charge in [-0.3, -0.25) is 0 Å². The third kappa shape index (κ3) is 3.82. The topological polar surface area (TPSA) is 9.23 Å². The number of rotatable bonds is 2. The van der Waals surface area contributed by atoms with E-state index in [2.05, 4.69) is 161 Å². The maximum absolute atomic E-state index is 6.96. The molecule has 1 heteroatoms. The Morgan fingerprint density at radius 1 is 0.490 bits per heavy atom. The summed E-state index contributed by atoms with van der Waals surface area (Å²) < 4.78 is 6.96. The van der Waals surface area contributed by atoms with Crippen molar-refractivity contribution >= 4 is 27.1 Å². The summed E-state index contributed by atoms with van der Waals surface area (Å²) in [6.45, 7) is 9.52. The van der Waals surface area contributed by atoms with Crippen LogP contribution in [0.2, 0.25) is 0 Å². The van der Waals surface area contributed by atoms with Gasteiger partial charge in [0, 0.05) is 27.4 Å². The Bertz CT molecular complexity index is 2770. The zero-order valence-corrected chi connectivity index (χ0v) is 29.5. The molecule has 1 nitrogen and oxygen atoms in total. The summed E-state index contributed by atoms with van der Waals surface area (Å²) in [5.41, 5.74) is 18.4. The lowest BCUT2D eigenvalue weighted by Gasteiger charge is -2.28. The van der Waals surface area contributed by atoms with Crippen molar-refractivity contribution in [1.29, 1.82) is 0 Å². The molecular weight excluding hydrogens is 617 g/mol. The van der Waals surface area contributed by atoms with Crippen molar-refractivity contribution in [2.45, 2.75) is 51.4 Å². The molecule has 7 aromatic carbocycles. The summed E-state index contributed by atoms with van der Waals surface area (Å²) in [7, 11) is 0. The Morgan fingerprint density at radius 3 is 1.76 bits per heavy atom. The standard InChI is InChI=1S/C50H38O/c1-49(2)41-18-9-7-13-33(41)34-23-20-29(26-42(34)49)30-21-24-35-36-25-22-31(28-44(36)50(3,4)43(35)27-30)46-38-15-6-5-12-32(38)39-16-11-17-40-37-14-8-10-19-45(37)51-48(46)47(39)40/h5-7,9-13,15-28H,8,14H2,1-4H3. The molecule has 3 aliphatic carbocycles. The molecule has 0 aromatic heterocycles. The van der Waals surface area contributed by atoms with Gasteiger partial charge in [0.25, 0.3) is 0 Å². The van der Waals surface area contributed by atoms with E-state index in [9.17, 15) is 0 Å². The molecule has 0 saturated carbocycles. The van der Waals surface area contributed by atoms with Crippen molar-refractivity contribution in [3.8, 4) is 50.3 Å². The second-order valence-corrected chi connectivity index (χ2v) is 15.9. The van der Waals surface area contributed by atoms with Crippen LogP contribution in [-0.4, -0.2) is 0 Å². The van der Waals surface area contributed by atoms with E-state index in [0.717, 1.165) is 24.4 Å². The summed E-state index contributed by atoms with van der Waals surface area (Å²) in [5, 5.41) is 5.02. The van der Waals surface area contributed by atoms with Crippen LogP contribution in [0, 0.1) is 0 Å². The lowest BCUT2D eigenvalue weighted by atomic mass is 9.79. The van der Waals surface area contributed by atoms with Crippen molar-refractivity contribution in [1.82, 2.24) is 0 Å². The molecule has 0 bridgehead atoms. The maximum atomic E-state index is 6.96. The number of fused-ring (bicyclic) bond motifs is 9. The van der Waals surface area contributed by atoms with Crippen LogP contribution in [0.5, 0.6) is 5.75 Å². The highest BCUT2D eigenvalue weighted by Gasteiger charge is 2.38. The summed E-state index contributed by atoms with van der Waals surface area (Å²) in [6, 6.07) is 45.9. The van der Waals surface area contributed by atoms with E-state index in [1.54, 1.807) is 0 Å². The van der Waals surface area contributed by atoms with Crippen molar-refractivity contribution in [2.24, 2.45) is 0 Å².